The number of carbonyl (C=O) groups excluding carboxylic acids is 1. The molecule has 0 spiro atoms. The second-order valence-corrected chi connectivity index (χ2v) is 11.0. The number of benzene rings is 1. The van der Waals surface area contributed by atoms with Crippen molar-refractivity contribution < 1.29 is 14.3 Å². The first-order chi connectivity index (χ1) is 19.7. The van der Waals surface area contributed by atoms with Crippen molar-refractivity contribution in [3.63, 3.8) is 0 Å². The van der Waals surface area contributed by atoms with E-state index in [9.17, 15) is 9.59 Å². The Morgan fingerprint density at radius 3 is 2.54 bits per heavy atom. The Balaban J connectivity index is 1.24. The second-order valence-electron chi connectivity index (χ2n) is 11.0. The monoisotopic (exact) mass is 558 g/mol. The van der Waals surface area contributed by atoms with Crippen LogP contribution in [0.3, 0.4) is 0 Å². The van der Waals surface area contributed by atoms with E-state index in [0.717, 1.165) is 30.6 Å². The maximum absolute atomic E-state index is 12.8. The highest BCUT2D eigenvalue weighted by Gasteiger charge is 2.28. The Kier molecular flexibility index (Phi) is 7.99. The van der Waals surface area contributed by atoms with Crippen LogP contribution in [-0.4, -0.2) is 60.6 Å². The van der Waals surface area contributed by atoms with Crippen LogP contribution in [0.5, 0.6) is 5.75 Å². The molecule has 2 N–H and O–H groups in total. The predicted molar refractivity (Wildman–Crippen MR) is 153 cm³/mol. The van der Waals surface area contributed by atoms with E-state index in [1.807, 2.05) is 57.2 Å². The molecule has 12 nitrogen and oxygen atoms in total. The number of aromatic nitrogens is 6. The molecule has 12 heteroatoms. The number of nitrogens with zero attached hydrogens (tertiary/aromatic N) is 6. The average molecular weight is 559 g/mol. The molecule has 0 saturated heterocycles. The van der Waals surface area contributed by atoms with Crippen molar-refractivity contribution >= 4 is 11.9 Å². The van der Waals surface area contributed by atoms with E-state index in [4.69, 9.17) is 9.47 Å². The van der Waals surface area contributed by atoms with Gasteiger partial charge in [-0.25, -0.2) is 14.5 Å². The molecule has 1 aromatic carbocycles. The first-order valence-electron chi connectivity index (χ1n) is 13.5. The lowest BCUT2D eigenvalue weighted by atomic mass is 10.2. The fraction of sp³-hybridized carbons (Fsp3) is 0.379. The Labute approximate surface area is 237 Å². The lowest BCUT2D eigenvalue weighted by molar-refractivity contribution is 0.0505. The van der Waals surface area contributed by atoms with Crippen LogP contribution in [0.15, 0.2) is 65.7 Å². The average Bonchev–Trinajstić information content (AvgIpc) is 3.58. The summed E-state index contributed by atoms with van der Waals surface area (Å²) in [5.41, 5.74) is 1.60. The molecular weight excluding hydrogens is 524 g/mol. The first-order valence-corrected chi connectivity index (χ1v) is 13.5. The van der Waals surface area contributed by atoms with E-state index < -0.39 is 11.7 Å². The number of hydrogen-bond donors (Lipinski definition) is 2. The zero-order valence-corrected chi connectivity index (χ0v) is 23.6. The van der Waals surface area contributed by atoms with Crippen molar-refractivity contribution in [2.24, 2.45) is 0 Å². The summed E-state index contributed by atoms with van der Waals surface area (Å²) < 4.78 is 13.8. The zero-order valence-electron chi connectivity index (χ0n) is 23.6. The third-order valence-electron chi connectivity index (χ3n) is 6.72. The predicted octanol–water partition coefficient (Wildman–Crippen LogP) is 3.80. The molecule has 3 aromatic heterocycles. The molecule has 1 saturated carbocycles. The molecule has 1 aliphatic carbocycles. The van der Waals surface area contributed by atoms with Crippen molar-refractivity contribution in [3.8, 4) is 22.8 Å². The van der Waals surface area contributed by atoms with Crippen molar-refractivity contribution in [1.82, 2.24) is 35.1 Å². The number of alkyl carbamates (subject to hydrolysis) is 1. The normalized spacial score (nSPS) is 16.8. The molecule has 2 atom stereocenters. The van der Waals surface area contributed by atoms with Gasteiger partial charge in [-0.1, -0.05) is 12.1 Å². The highest BCUT2D eigenvalue weighted by molar-refractivity contribution is 5.68. The largest absolute Gasteiger partial charge is 0.497 e. The van der Waals surface area contributed by atoms with Crippen LogP contribution in [0.2, 0.25) is 0 Å². The number of rotatable bonds is 8. The Morgan fingerprint density at radius 2 is 1.83 bits per heavy atom. The van der Waals surface area contributed by atoms with Crippen LogP contribution in [-0.2, 0) is 11.3 Å². The molecule has 0 radical (unpaired) electrons. The van der Waals surface area contributed by atoms with Crippen LogP contribution in [0.25, 0.3) is 17.1 Å². The molecule has 214 valence electrons. The van der Waals surface area contributed by atoms with E-state index >= 15 is 0 Å². The SMILES string of the molecule is COc1ccc(Cn2nnnc2-c2ccc(=O)n(-c3ccc(N[C@H]4CC[C@H](NC(=O)OC(C)(C)C)C4)nc3)c2)cc1. The van der Waals surface area contributed by atoms with Gasteiger partial charge in [-0.05, 0) is 86.4 Å². The summed E-state index contributed by atoms with van der Waals surface area (Å²) in [7, 11) is 1.63. The highest BCUT2D eigenvalue weighted by atomic mass is 16.6. The molecule has 1 aliphatic rings. The number of anilines is 1. The molecule has 0 aliphatic heterocycles. The van der Waals surface area contributed by atoms with Crippen LogP contribution < -0.4 is 20.9 Å². The molecule has 0 unspecified atom stereocenters. The van der Waals surface area contributed by atoms with Gasteiger partial charge >= 0.3 is 6.09 Å². The van der Waals surface area contributed by atoms with Crippen molar-refractivity contribution in [2.45, 2.75) is 64.3 Å². The van der Waals surface area contributed by atoms with Crippen LogP contribution in [0, 0.1) is 0 Å². The Morgan fingerprint density at radius 1 is 1.05 bits per heavy atom. The molecule has 1 fully saturated rings. The number of tetrazole rings is 1. The van der Waals surface area contributed by atoms with Gasteiger partial charge in [0, 0.05) is 29.9 Å². The molecule has 41 heavy (non-hydrogen) atoms. The Bertz CT molecular complexity index is 1540. The smallest absolute Gasteiger partial charge is 0.407 e. The van der Waals surface area contributed by atoms with Gasteiger partial charge in [0.25, 0.3) is 5.56 Å². The van der Waals surface area contributed by atoms with Gasteiger partial charge in [-0.3, -0.25) is 9.36 Å². The second kappa shape index (κ2) is 11.8. The zero-order chi connectivity index (χ0) is 29.0. The maximum atomic E-state index is 12.8. The fourth-order valence-corrected chi connectivity index (χ4v) is 4.78. The minimum Gasteiger partial charge on any atom is -0.497 e. The number of amides is 1. The van der Waals surface area contributed by atoms with Crippen LogP contribution in [0.4, 0.5) is 10.6 Å². The van der Waals surface area contributed by atoms with E-state index in [2.05, 4.69) is 31.1 Å². The summed E-state index contributed by atoms with van der Waals surface area (Å²) >= 11 is 0. The van der Waals surface area contributed by atoms with Crippen molar-refractivity contribution in [3.05, 3.63) is 76.8 Å². The minimum atomic E-state index is -0.528. The van der Waals surface area contributed by atoms with Gasteiger partial charge < -0.3 is 20.1 Å². The lowest BCUT2D eigenvalue weighted by Crippen LogP contribution is -2.38. The number of carbonyl (C=O) groups is 1. The topological polar surface area (TPSA) is 138 Å². The molecule has 4 aromatic rings. The van der Waals surface area contributed by atoms with Gasteiger partial charge in [-0.2, -0.15) is 0 Å². The lowest BCUT2D eigenvalue weighted by Gasteiger charge is -2.22. The number of pyridine rings is 2. The summed E-state index contributed by atoms with van der Waals surface area (Å²) in [5.74, 6) is 2.01. The molecular formula is C29H34N8O4. The summed E-state index contributed by atoms with van der Waals surface area (Å²) in [4.78, 5) is 29.4. The Hall–Kier alpha value is -4.74. The molecule has 3 heterocycles. The standard InChI is InChI=1S/C29H34N8O4/c1-29(2,3)41-28(39)32-22-9-8-21(15-22)31-25-13-10-23(16-30-25)36-18-20(7-14-26(36)38)27-33-34-35-37(27)17-19-5-11-24(40-4)12-6-19/h5-7,10-14,16,18,21-22H,8-9,15,17H2,1-4H3,(H,30,31)(H,32,39)/t21-,22-/m0/s1. The quantitative estimate of drug-likeness (QED) is 0.331. The molecule has 0 bridgehead atoms. The number of nitrogens with one attached hydrogen (secondary N) is 2. The summed E-state index contributed by atoms with van der Waals surface area (Å²) in [5, 5.41) is 18.6. The van der Waals surface area contributed by atoms with Gasteiger partial charge in [0.15, 0.2) is 5.82 Å². The van der Waals surface area contributed by atoms with Crippen LogP contribution >= 0.6 is 0 Å². The van der Waals surface area contributed by atoms with Gasteiger partial charge in [0.2, 0.25) is 0 Å². The number of methoxy groups -OCH3 is 1. The minimum absolute atomic E-state index is 0.0456. The first kappa shape index (κ1) is 27.8. The third kappa shape index (κ3) is 7.07. The van der Waals surface area contributed by atoms with Gasteiger partial charge in [0.05, 0.1) is 25.5 Å². The van der Waals surface area contributed by atoms with Gasteiger partial charge in [-0.15, -0.1) is 5.10 Å². The molecule has 1 amide bonds. The fourth-order valence-electron chi connectivity index (χ4n) is 4.78. The van der Waals surface area contributed by atoms with Crippen molar-refractivity contribution in [2.75, 3.05) is 12.4 Å². The molecule has 5 rings (SSSR count). The maximum Gasteiger partial charge on any atom is 0.407 e. The van der Waals surface area contributed by atoms with E-state index in [1.165, 1.54) is 10.6 Å². The van der Waals surface area contributed by atoms with E-state index in [0.29, 0.717) is 29.4 Å². The number of ether oxygens (including phenoxy) is 2. The highest BCUT2D eigenvalue weighted by Crippen LogP contribution is 2.24. The van der Waals surface area contributed by atoms with E-state index in [-0.39, 0.29) is 17.6 Å². The summed E-state index contributed by atoms with van der Waals surface area (Å²) in [6, 6.07) is 14.8. The number of hydrogen-bond acceptors (Lipinski definition) is 9. The van der Waals surface area contributed by atoms with Gasteiger partial charge in [0.1, 0.15) is 17.2 Å². The van der Waals surface area contributed by atoms with E-state index in [1.54, 1.807) is 30.3 Å². The van der Waals surface area contributed by atoms with Crippen LogP contribution in [0.1, 0.15) is 45.6 Å². The summed E-state index contributed by atoms with van der Waals surface area (Å²) in [6.45, 7) is 6.00. The third-order valence-corrected chi connectivity index (χ3v) is 6.72. The van der Waals surface area contributed by atoms with Crippen molar-refractivity contribution in [1.29, 1.82) is 0 Å². The summed E-state index contributed by atoms with van der Waals surface area (Å²) in [6.07, 6.45) is 5.50.